The second kappa shape index (κ2) is 12.9. The van der Waals surface area contributed by atoms with Crippen molar-refractivity contribution >= 4 is 5.97 Å². The van der Waals surface area contributed by atoms with Crippen molar-refractivity contribution in [3.8, 4) is 0 Å². The van der Waals surface area contributed by atoms with E-state index in [1.54, 1.807) is 0 Å². The number of aliphatic carboxylic acids is 1. The normalized spacial score (nSPS) is 12.6. The minimum Gasteiger partial charge on any atom is -0.550 e. The molecule has 0 aromatic rings. The number of carboxylic acids is 1. The number of hydrogen-bond acceptors (Lipinski definition) is 2. The molecule has 0 aromatic heterocycles. The van der Waals surface area contributed by atoms with Crippen molar-refractivity contribution in [3.05, 3.63) is 0 Å². The molecular weight excluding hydrogens is 224 g/mol. The molecule has 1 atom stereocenters. The lowest BCUT2D eigenvalue weighted by Gasteiger charge is -2.15. The number of rotatable bonds is 13. The number of hydrogen-bond donors (Lipinski definition) is 0. The summed E-state index contributed by atoms with van der Waals surface area (Å²) < 4.78 is 0. The summed E-state index contributed by atoms with van der Waals surface area (Å²) in [7, 11) is 0. The summed E-state index contributed by atoms with van der Waals surface area (Å²) in [5.74, 6) is -1.09. The molecule has 1 unspecified atom stereocenters. The first-order valence-corrected chi connectivity index (χ1v) is 7.93. The van der Waals surface area contributed by atoms with Gasteiger partial charge in [0.25, 0.3) is 0 Å². The molecule has 0 saturated carbocycles. The molecule has 108 valence electrons. The first-order chi connectivity index (χ1) is 8.72. The van der Waals surface area contributed by atoms with E-state index >= 15 is 0 Å². The summed E-state index contributed by atoms with van der Waals surface area (Å²) >= 11 is 0. The predicted molar refractivity (Wildman–Crippen MR) is 75.2 cm³/mol. The first kappa shape index (κ1) is 17.5. The number of unbranched alkanes of at least 4 members (excludes halogenated alkanes) is 9. The Hall–Kier alpha value is -0.530. The van der Waals surface area contributed by atoms with Crippen LogP contribution in [0.2, 0.25) is 0 Å². The predicted octanol–water partition coefficient (Wildman–Crippen LogP) is 4.07. The zero-order valence-corrected chi connectivity index (χ0v) is 12.4. The van der Waals surface area contributed by atoms with Crippen molar-refractivity contribution in [1.29, 1.82) is 0 Å². The maximum absolute atomic E-state index is 10.7. The topological polar surface area (TPSA) is 40.1 Å². The van der Waals surface area contributed by atoms with Gasteiger partial charge in [-0.2, -0.15) is 0 Å². The van der Waals surface area contributed by atoms with Crippen LogP contribution in [-0.4, -0.2) is 5.97 Å². The summed E-state index contributed by atoms with van der Waals surface area (Å²) in [6.07, 6.45) is 14.5. The molecule has 0 N–H and O–H groups in total. The monoisotopic (exact) mass is 255 g/mol. The van der Waals surface area contributed by atoms with Crippen molar-refractivity contribution in [2.24, 2.45) is 5.92 Å². The highest BCUT2D eigenvalue weighted by atomic mass is 16.4. The van der Waals surface area contributed by atoms with Crippen molar-refractivity contribution in [2.45, 2.75) is 90.9 Å². The maximum atomic E-state index is 10.7. The standard InChI is InChI=1S/C16H32O2/c1-3-5-6-7-8-9-10-11-12-13-14-15(4-2)16(17)18/h15H,3-14H2,1-2H3,(H,17,18)/p-1. The fraction of sp³-hybridized carbons (Fsp3) is 0.938. The first-order valence-electron chi connectivity index (χ1n) is 7.93. The Morgan fingerprint density at radius 2 is 1.28 bits per heavy atom. The molecule has 0 aromatic carbocycles. The highest BCUT2D eigenvalue weighted by Gasteiger charge is 2.06. The Morgan fingerprint density at radius 1 is 0.833 bits per heavy atom. The van der Waals surface area contributed by atoms with Crippen LogP contribution < -0.4 is 5.11 Å². The molecule has 0 aliphatic rings. The van der Waals surface area contributed by atoms with Gasteiger partial charge in [0.1, 0.15) is 0 Å². The van der Waals surface area contributed by atoms with Crippen molar-refractivity contribution in [2.75, 3.05) is 0 Å². The maximum Gasteiger partial charge on any atom is 0.0445 e. The van der Waals surface area contributed by atoms with Crippen LogP contribution in [0.15, 0.2) is 0 Å². The van der Waals surface area contributed by atoms with Gasteiger partial charge < -0.3 is 9.90 Å². The largest absolute Gasteiger partial charge is 0.550 e. The molecule has 2 nitrogen and oxygen atoms in total. The molecule has 0 amide bonds. The van der Waals surface area contributed by atoms with Crippen molar-refractivity contribution in [1.82, 2.24) is 0 Å². The molecular formula is C16H31O2-. The average molecular weight is 255 g/mol. The average Bonchev–Trinajstić information content (AvgIpc) is 2.35. The van der Waals surface area contributed by atoms with E-state index in [2.05, 4.69) is 6.92 Å². The molecule has 2 heteroatoms. The minimum atomic E-state index is -0.867. The highest BCUT2D eigenvalue weighted by molar-refractivity contribution is 5.67. The van der Waals surface area contributed by atoms with E-state index in [-0.39, 0.29) is 5.92 Å². The Kier molecular flexibility index (Phi) is 12.5. The number of carboxylic acid groups (broad SMARTS) is 1. The van der Waals surface area contributed by atoms with E-state index in [0.29, 0.717) is 6.42 Å². The Labute approximate surface area is 113 Å². The molecule has 18 heavy (non-hydrogen) atoms. The molecule has 0 aliphatic carbocycles. The summed E-state index contributed by atoms with van der Waals surface area (Å²) in [4.78, 5) is 10.7. The molecule has 0 spiro atoms. The summed E-state index contributed by atoms with van der Waals surface area (Å²) in [5.41, 5.74) is 0. The van der Waals surface area contributed by atoms with Gasteiger partial charge in [-0.25, -0.2) is 0 Å². The Morgan fingerprint density at radius 3 is 1.67 bits per heavy atom. The Balaban J connectivity index is 3.18. The fourth-order valence-corrected chi connectivity index (χ4v) is 2.37. The zero-order valence-electron chi connectivity index (χ0n) is 12.4. The van der Waals surface area contributed by atoms with E-state index in [1.165, 1.54) is 57.8 Å². The van der Waals surface area contributed by atoms with Gasteiger partial charge in [0, 0.05) is 5.97 Å². The Bertz CT molecular complexity index is 190. The lowest BCUT2D eigenvalue weighted by Crippen LogP contribution is -2.30. The zero-order chi connectivity index (χ0) is 13.6. The molecule has 0 aliphatic heterocycles. The highest BCUT2D eigenvalue weighted by Crippen LogP contribution is 2.15. The van der Waals surface area contributed by atoms with Gasteiger partial charge in [-0.15, -0.1) is 0 Å². The lowest BCUT2D eigenvalue weighted by molar-refractivity contribution is -0.311. The molecule has 0 rings (SSSR count). The van der Waals surface area contributed by atoms with E-state index in [1.807, 2.05) is 6.92 Å². The van der Waals surface area contributed by atoms with Crippen LogP contribution in [0.5, 0.6) is 0 Å². The van der Waals surface area contributed by atoms with E-state index in [0.717, 1.165) is 12.8 Å². The van der Waals surface area contributed by atoms with E-state index in [4.69, 9.17) is 0 Å². The van der Waals surface area contributed by atoms with E-state index < -0.39 is 5.97 Å². The second-order valence-corrected chi connectivity index (χ2v) is 5.39. The summed E-state index contributed by atoms with van der Waals surface area (Å²) in [6.45, 7) is 4.17. The van der Waals surface area contributed by atoms with Crippen LogP contribution in [-0.2, 0) is 4.79 Å². The number of carbonyl (C=O) groups excluding carboxylic acids is 1. The van der Waals surface area contributed by atoms with Gasteiger partial charge in [-0.3, -0.25) is 0 Å². The second-order valence-electron chi connectivity index (χ2n) is 5.39. The van der Waals surface area contributed by atoms with Gasteiger partial charge >= 0.3 is 0 Å². The smallest absolute Gasteiger partial charge is 0.0445 e. The van der Waals surface area contributed by atoms with Gasteiger partial charge in [-0.1, -0.05) is 78.1 Å². The van der Waals surface area contributed by atoms with Gasteiger partial charge in [0.15, 0.2) is 0 Å². The van der Waals surface area contributed by atoms with Crippen LogP contribution in [0.25, 0.3) is 0 Å². The molecule has 0 radical (unpaired) electrons. The van der Waals surface area contributed by atoms with Crippen LogP contribution in [0.4, 0.5) is 0 Å². The number of carbonyl (C=O) groups is 1. The van der Waals surface area contributed by atoms with Crippen molar-refractivity contribution < 1.29 is 9.90 Å². The van der Waals surface area contributed by atoms with Crippen LogP contribution in [0.3, 0.4) is 0 Å². The van der Waals surface area contributed by atoms with Crippen molar-refractivity contribution in [3.63, 3.8) is 0 Å². The molecule has 0 fully saturated rings. The fourth-order valence-electron chi connectivity index (χ4n) is 2.37. The minimum absolute atomic E-state index is 0.223. The third-order valence-corrected chi connectivity index (χ3v) is 3.73. The van der Waals surface area contributed by atoms with Gasteiger partial charge in [-0.05, 0) is 18.8 Å². The third-order valence-electron chi connectivity index (χ3n) is 3.73. The summed E-state index contributed by atoms with van der Waals surface area (Å²) in [5, 5.41) is 10.7. The lowest BCUT2D eigenvalue weighted by atomic mass is 9.98. The van der Waals surface area contributed by atoms with Crippen LogP contribution in [0, 0.1) is 5.92 Å². The third kappa shape index (κ3) is 10.6. The molecule has 0 heterocycles. The SMILES string of the molecule is CCCCCCCCCCCCC(CC)C(=O)[O-]. The van der Waals surface area contributed by atoms with Gasteiger partial charge in [0.05, 0.1) is 0 Å². The summed E-state index contributed by atoms with van der Waals surface area (Å²) in [6, 6.07) is 0. The molecule has 0 saturated heterocycles. The van der Waals surface area contributed by atoms with Crippen LogP contribution >= 0.6 is 0 Å². The van der Waals surface area contributed by atoms with E-state index in [9.17, 15) is 9.90 Å². The molecule has 0 bridgehead atoms. The van der Waals surface area contributed by atoms with Crippen LogP contribution in [0.1, 0.15) is 90.9 Å². The van der Waals surface area contributed by atoms with Gasteiger partial charge in [0.2, 0.25) is 0 Å². The quantitative estimate of drug-likeness (QED) is 0.465.